The number of rotatable bonds is 4. The van der Waals surface area contributed by atoms with Crippen LogP contribution in [0.5, 0.6) is 0 Å². The molecule has 1 rings (SSSR count). The fourth-order valence-corrected chi connectivity index (χ4v) is 2.03. The molecule has 1 nitrogen and oxygen atoms in total. The minimum atomic E-state index is 0.323. The molecular formula is C13H20BrN. The molecule has 0 aliphatic rings. The number of hydrogen-bond acceptors (Lipinski definition) is 1. The van der Waals surface area contributed by atoms with Crippen molar-refractivity contribution in [3.63, 3.8) is 0 Å². The second-order valence-electron chi connectivity index (χ2n) is 4.78. The first-order valence-electron chi connectivity index (χ1n) is 5.52. The van der Waals surface area contributed by atoms with Crippen molar-refractivity contribution in [1.82, 2.24) is 4.98 Å². The van der Waals surface area contributed by atoms with Gasteiger partial charge in [0.15, 0.2) is 0 Å². The van der Waals surface area contributed by atoms with Crippen LogP contribution >= 0.6 is 15.9 Å². The van der Waals surface area contributed by atoms with E-state index in [1.807, 2.05) is 12.3 Å². The number of hydrogen-bond donors (Lipinski definition) is 0. The van der Waals surface area contributed by atoms with Gasteiger partial charge in [0.2, 0.25) is 0 Å². The van der Waals surface area contributed by atoms with Gasteiger partial charge in [0, 0.05) is 23.1 Å². The van der Waals surface area contributed by atoms with Crippen molar-refractivity contribution in [3.05, 3.63) is 29.6 Å². The van der Waals surface area contributed by atoms with Crippen LogP contribution in [0.4, 0.5) is 0 Å². The Morgan fingerprint density at radius 2 is 2.13 bits per heavy atom. The molecule has 84 valence electrons. The Kier molecular flexibility index (Phi) is 4.32. The molecule has 15 heavy (non-hydrogen) atoms. The van der Waals surface area contributed by atoms with E-state index in [-0.39, 0.29) is 0 Å². The summed E-state index contributed by atoms with van der Waals surface area (Å²) in [6.45, 7) is 8.95. The maximum Gasteiger partial charge on any atom is 0.0444 e. The van der Waals surface area contributed by atoms with E-state index in [0.29, 0.717) is 10.2 Å². The number of aryl methyl sites for hydroxylation is 1. The summed E-state index contributed by atoms with van der Waals surface area (Å²) in [4.78, 5) is 4.93. The Hall–Kier alpha value is -0.370. The fourth-order valence-electron chi connectivity index (χ4n) is 1.40. The van der Waals surface area contributed by atoms with Gasteiger partial charge in [0.25, 0.3) is 0 Å². The largest absolute Gasteiger partial charge is 0.261 e. The first kappa shape index (κ1) is 12.7. The molecule has 1 aromatic rings. The Bertz CT molecular complexity index is 320. The molecule has 0 spiro atoms. The lowest BCUT2D eigenvalue weighted by atomic mass is 9.84. The lowest BCUT2D eigenvalue weighted by Gasteiger charge is -2.29. The van der Waals surface area contributed by atoms with Crippen molar-refractivity contribution >= 4 is 15.9 Å². The SMILES string of the molecule is CCC(C)(C)C(Br)Cc1ncccc1C. The fraction of sp³-hybridized carbons (Fsp3) is 0.615. The molecule has 0 amide bonds. The monoisotopic (exact) mass is 269 g/mol. The second-order valence-corrected chi connectivity index (χ2v) is 5.89. The minimum absolute atomic E-state index is 0.323. The summed E-state index contributed by atoms with van der Waals surface area (Å²) < 4.78 is 0. The predicted octanol–water partition coefficient (Wildman–Crippen LogP) is 4.13. The summed E-state index contributed by atoms with van der Waals surface area (Å²) in [5, 5.41) is 0. The predicted molar refractivity (Wildman–Crippen MR) is 69.5 cm³/mol. The number of alkyl halides is 1. The van der Waals surface area contributed by atoms with E-state index < -0.39 is 0 Å². The van der Waals surface area contributed by atoms with E-state index in [1.165, 1.54) is 17.7 Å². The summed E-state index contributed by atoms with van der Waals surface area (Å²) in [6.07, 6.45) is 4.06. The molecule has 0 saturated carbocycles. The molecule has 1 unspecified atom stereocenters. The normalized spacial score (nSPS) is 13.9. The van der Waals surface area contributed by atoms with Gasteiger partial charge in [-0.05, 0) is 30.4 Å². The van der Waals surface area contributed by atoms with Crippen molar-refractivity contribution in [2.24, 2.45) is 5.41 Å². The van der Waals surface area contributed by atoms with Crippen LogP contribution in [-0.4, -0.2) is 9.81 Å². The van der Waals surface area contributed by atoms with Crippen LogP contribution in [0, 0.1) is 12.3 Å². The third kappa shape index (κ3) is 3.30. The first-order valence-corrected chi connectivity index (χ1v) is 6.43. The van der Waals surface area contributed by atoms with Crippen molar-refractivity contribution in [3.8, 4) is 0 Å². The Morgan fingerprint density at radius 3 is 2.67 bits per heavy atom. The van der Waals surface area contributed by atoms with E-state index >= 15 is 0 Å². The van der Waals surface area contributed by atoms with Gasteiger partial charge in [-0.25, -0.2) is 0 Å². The maximum atomic E-state index is 4.44. The van der Waals surface area contributed by atoms with Crippen LogP contribution in [0.2, 0.25) is 0 Å². The molecule has 0 fully saturated rings. The average Bonchev–Trinajstić information content (AvgIpc) is 2.21. The van der Waals surface area contributed by atoms with Crippen molar-refractivity contribution in [1.29, 1.82) is 0 Å². The molecule has 0 N–H and O–H groups in total. The van der Waals surface area contributed by atoms with Crippen molar-refractivity contribution in [2.75, 3.05) is 0 Å². The van der Waals surface area contributed by atoms with Gasteiger partial charge in [-0.15, -0.1) is 0 Å². The highest BCUT2D eigenvalue weighted by Crippen LogP contribution is 2.32. The highest BCUT2D eigenvalue weighted by atomic mass is 79.9. The number of nitrogens with zero attached hydrogens (tertiary/aromatic N) is 1. The quantitative estimate of drug-likeness (QED) is 0.749. The van der Waals surface area contributed by atoms with Crippen molar-refractivity contribution < 1.29 is 0 Å². The zero-order valence-corrected chi connectivity index (χ0v) is 11.6. The zero-order valence-electron chi connectivity index (χ0n) is 10.0. The summed E-state index contributed by atoms with van der Waals surface area (Å²) in [7, 11) is 0. The summed E-state index contributed by atoms with van der Waals surface area (Å²) >= 11 is 3.79. The lowest BCUT2D eigenvalue weighted by molar-refractivity contribution is 0.338. The molecule has 0 aliphatic heterocycles. The third-order valence-corrected chi connectivity index (χ3v) is 4.81. The highest BCUT2D eigenvalue weighted by Gasteiger charge is 2.26. The number of pyridine rings is 1. The molecule has 1 aromatic heterocycles. The van der Waals surface area contributed by atoms with Gasteiger partial charge in [0.1, 0.15) is 0 Å². The standard InChI is InChI=1S/C13H20BrN/c1-5-13(3,4)12(14)9-11-10(2)7-6-8-15-11/h6-8,12H,5,9H2,1-4H3. The maximum absolute atomic E-state index is 4.44. The van der Waals surface area contributed by atoms with E-state index in [9.17, 15) is 0 Å². The van der Waals surface area contributed by atoms with Gasteiger partial charge in [0.05, 0.1) is 0 Å². The Balaban J connectivity index is 2.75. The molecule has 0 aromatic carbocycles. The number of aromatic nitrogens is 1. The summed E-state index contributed by atoms with van der Waals surface area (Å²) in [5.74, 6) is 0. The van der Waals surface area contributed by atoms with E-state index in [2.05, 4.69) is 54.7 Å². The highest BCUT2D eigenvalue weighted by molar-refractivity contribution is 9.09. The smallest absolute Gasteiger partial charge is 0.0444 e. The van der Waals surface area contributed by atoms with Crippen LogP contribution in [0.3, 0.4) is 0 Å². The van der Waals surface area contributed by atoms with E-state index in [4.69, 9.17) is 0 Å². The summed E-state index contributed by atoms with van der Waals surface area (Å²) in [6, 6.07) is 4.12. The van der Waals surface area contributed by atoms with Crippen LogP contribution in [0.15, 0.2) is 18.3 Å². The molecule has 1 atom stereocenters. The van der Waals surface area contributed by atoms with Crippen molar-refractivity contribution in [2.45, 2.75) is 45.4 Å². The number of halogens is 1. The molecule has 1 heterocycles. The van der Waals surface area contributed by atoms with Crippen LogP contribution in [-0.2, 0) is 6.42 Å². The summed E-state index contributed by atoms with van der Waals surface area (Å²) in [5.41, 5.74) is 2.82. The van der Waals surface area contributed by atoms with Gasteiger partial charge in [-0.2, -0.15) is 0 Å². The third-order valence-electron chi connectivity index (χ3n) is 3.25. The molecule has 0 aliphatic carbocycles. The van der Waals surface area contributed by atoms with Gasteiger partial charge >= 0.3 is 0 Å². The minimum Gasteiger partial charge on any atom is -0.261 e. The first-order chi connectivity index (χ1) is 6.97. The van der Waals surface area contributed by atoms with Crippen LogP contribution in [0.25, 0.3) is 0 Å². The molecule has 2 heteroatoms. The Morgan fingerprint density at radius 1 is 1.47 bits per heavy atom. The molecule has 0 saturated heterocycles. The second kappa shape index (κ2) is 5.11. The van der Waals surface area contributed by atoms with Crippen LogP contribution in [0.1, 0.15) is 38.4 Å². The lowest BCUT2D eigenvalue weighted by Crippen LogP contribution is -2.25. The van der Waals surface area contributed by atoms with Crippen LogP contribution < -0.4 is 0 Å². The molecular weight excluding hydrogens is 250 g/mol. The van der Waals surface area contributed by atoms with Gasteiger partial charge < -0.3 is 0 Å². The molecule has 0 radical (unpaired) electrons. The van der Waals surface area contributed by atoms with Gasteiger partial charge in [-0.1, -0.05) is 42.8 Å². The topological polar surface area (TPSA) is 12.9 Å². The Labute approximate surface area is 101 Å². The average molecular weight is 270 g/mol. The van der Waals surface area contributed by atoms with E-state index in [1.54, 1.807) is 0 Å². The van der Waals surface area contributed by atoms with E-state index in [0.717, 1.165) is 6.42 Å². The zero-order chi connectivity index (χ0) is 11.5. The van der Waals surface area contributed by atoms with Gasteiger partial charge in [-0.3, -0.25) is 4.98 Å². The molecule has 0 bridgehead atoms.